The zero-order valence-electron chi connectivity index (χ0n) is 16.2. The van der Waals surface area contributed by atoms with Crippen molar-refractivity contribution >= 4 is 21.9 Å². The van der Waals surface area contributed by atoms with Crippen LogP contribution in [-0.4, -0.2) is 33.8 Å². The first kappa shape index (κ1) is 19.9. The smallest absolute Gasteiger partial charge is 0.191 e. The normalized spacial score (nSPS) is 16.5. The molecule has 0 bridgehead atoms. The number of nitrogens with zero attached hydrogens (tertiary/aromatic N) is 4. The molecular formula is C20H29BrN6. The second-order valence-corrected chi connectivity index (χ2v) is 7.99. The van der Waals surface area contributed by atoms with Crippen LogP contribution in [0, 0.1) is 0 Å². The molecule has 1 saturated carbocycles. The van der Waals surface area contributed by atoms with Gasteiger partial charge in [-0.2, -0.15) is 0 Å². The number of hydrogen-bond donors (Lipinski definition) is 2. The summed E-state index contributed by atoms with van der Waals surface area (Å²) in [6.07, 6.45) is 6.75. The van der Waals surface area contributed by atoms with Crippen LogP contribution in [0.3, 0.4) is 0 Å². The van der Waals surface area contributed by atoms with Gasteiger partial charge in [0.1, 0.15) is 12.9 Å². The molecule has 7 heteroatoms. The lowest BCUT2D eigenvalue weighted by Gasteiger charge is -2.31. The molecule has 0 aliphatic heterocycles. The Labute approximate surface area is 170 Å². The van der Waals surface area contributed by atoms with Crippen molar-refractivity contribution in [1.82, 2.24) is 25.4 Å². The molecule has 27 heavy (non-hydrogen) atoms. The highest BCUT2D eigenvalue weighted by molar-refractivity contribution is 9.10. The Morgan fingerprint density at radius 1 is 1.19 bits per heavy atom. The Balaban J connectivity index is 1.71. The van der Waals surface area contributed by atoms with Gasteiger partial charge in [0.25, 0.3) is 0 Å². The van der Waals surface area contributed by atoms with Crippen LogP contribution in [0.15, 0.2) is 40.1 Å². The van der Waals surface area contributed by atoms with E-state index in [1.54, 1.807) is 6.33 Å². The highest BCUT2D eigenvalue weighted by atomic mass is 79.9. The van der Waals surface area contributed by atoms with Gasteiger partial charge in [0.2, 0.25) is 0 Å². The molecular weight excluding hydrogens is 404 g/mol. The van der Waals surface area contributed by atoms with Crippen molar-refractivity contribution in [3.05, 3.63) is 46.5 Å². The average molecular weight is 433 g/mol. The summed E-state index contributed by atoms with van der Waals surface area (Å²) in [6, 6.07) is 8.80. The lowest BCUT2D eigenvalue weighted by Crippen LogP contribution is -2.44. The molecule has 0 radical (unpaired) electrons. The Bertz CT molecular complexity index is 746. The molecule has 0 unspecified atom stereocenters. The topological polar surface area (TPSA) is 67.1 Å². The number of nitrogens with one attached hydrogen (secondary N) is 2. The van der Waals surface area contributed by atoms with E-state index in [1.807, 2.05) is 4.57 Å². The molecule has 1 fully saturated rings. The highest BCUT2D eigenvalue weighted by Crippen LogP contribution is 2.40. The van der Waals surface area contributed by atoms with Gasteiger partial charge in [-0.1, -0.05) is 40.9 Å². The van der Waals surface area contributed by atoms with E-state index < -0.39 is 0 Å². The molecule has 0 saturated heterocycles. The first-order valence-corrected chi connectivity index (χ1v) is 10.6. The number of aromatic nitrogens is 3. The number of rotatable bonds is 7. The third-order valence-electron chi connectivity index (χ3n) is 5.37. The molecule has 2 aromatic rings. The standard InChI is InChI=1S/C20H29BrN6/c1-3-22-19(23-13-18-26-25-15-27(18)4-2)24-14-20(11-5-6-12-20)16-7-9-17(21)10-8-16/h7-10,15H,3-6,11-14H2,1-2H3,(H2,22,23,24). The van der Waals surface area contributed by atoms with Gasteiger partial charge in [-0.15, -0.1) is 10.2 Å². The quantitative estimate of drug-likeness (QED) is 0.517. The molecule has 1 aliphatic carbocycles. The first-order valence-electron chi connectivity index (χ1n) is 9.82. The number of halogens is 1. The maximum atomic E-state index is 4.73. The van der Waals surface area contributed by atoms with Crippen molar-refractivity contribution in [2.45, 2.75) is 58.0 Å². The van der Waals surface area contributed by atoms with Crippen molar-refractivity contribution < 1.29 is 0 Å². The van der Waals surface area contributed by atoms with Crippen LogP contribution in [-0.2, 0) is 18.5 Å². The Morgan fingerprint density at radius 2 is 1.93 bits per heavy atom. The molecule has 146 valence electrons. The summed E-state index contributed by atoms with van der Waals surface area (Å²) in [7, 11) is 0. The lowest BCUT2D eigenvalue weighted by molar-refractivity contribution is 0.431. The van der Waals surface area contributed by atoms with E-state index >= 15 is 0 Å². The van der Waals surface area contributed by atoms with Gasteiger partial charge in [0.15, 0.2) is 11.8 Å². The van der Waals surface area contributed by atoms with E-state index in [0.29, 0.717) is 6.54 Å². The van der Waals surface area contributed by atoms with E-state index in [-0.39, 0.29) is 5.41 Å². The van der Waals surface area contributed by atoms with Crippen LogP contribution in [0.25, 0.3) is 0 Å². The zero-order valence-corrected chi connectivity index (χ0v) is 17.8. The summed E-state index contributed by atoms with van der Waals surface area (Å²) in [5.41, 5.74) is 1.60. The van der Waals surface area contributed by atoms with E-state index in [1.165, 1.54) is 31.2 Å². The zero-order chi connectivity index (χ0) is 19.1. The molecule has 0 atom stereocenters. The maximum absolute atomic E-state index is 4.73. The Morgan fingerprint density at radius 3 is 2.59 bits per heavy atom. The summed E-state index contributed by atoms with van der Waals surface area (Å²) in [4.78, 5) is 4.73. The minimum atomic E-state index is 0.181. The summed E-state index contributed by atoms with van der Waals surface area (Å²) in [5.74, 6) is 1.73. The van der Waals surface area contributed by atoms with Crippen molar-refractivity contribution in [3.63, 3.8) is 0 Å². The fourth-order valence-electron chi connectivity index (χ4n) is 3.83. The largest absolute Gasteiger partial charge is 0.357 e. The molecule has 6 nitrogen and oxygen atoms in total. The van der Waals surface area contributed by atoms with E-state index in [9.17, 15) is 0 Å². The monoisotopic (exact) mass is 432 g/mol. The van der Waals surface area contributed by atoms with Crippen molar-refractivity contribution in [1.29, 1.82) is 0 Å². The van der Waals surface area contributed by atoms with E-state index in [4.69, 9.17) is 4.99 Å². The van der Waals surface area contributed by atoms with Gasteiger partial charge in [0, 0.05) is 29.5 Å². The molecule has 0 amide bonds. The predicted molar refractivity (Wildman–Crippen MR) is 113 cm³/mol. The summed E-state index contributed by atoms with van der Waals surface area (Å²) in [6.45, 7) is 7.27. The Kier molecular flexibility index (Phi) is 6.88. The van der Waals surface area contributed by atoms with Gasteiger partial charge in [0.05, 0.1) is 0 Å². The van der Waals surface area contributed by atoms with Crippen molar-refractivity contribution in [2.75, 3.05) is 13.1 Å². The molecule has 1 aliphatic rings. The molecule has 2 N–H and O–H groups in total. The first-order chi connectivity index (χ1) is 13.2. The second-order valence-electron chi connectivity index (χ2n) is 7.08. The predicted octanol–water partition coefficient (Wildman–Crippen LogP) is 3.63. The summed E-state index contributed by atoms with van der Waals surface area (Å²) in [5, 5.41) is 15.1. The van der Waals surface area contributed by atoms with E-state index in [0.717, 1.165) is 35.9 Å². The minimum Gasteiger partial charge on any atom is -0.357 e. The number of aliphatic imine (C=N–C) groups is 1. The molecule has 1 aromatic heterocycles. The van der Waals surface area contributed by atoms with E-state index in [2.05, 4.69) is 74.9 Å². The summed E-state index contributed by atoms with van der Waals surface area (Å²) >= 11 is 3.55. The van der Waals surface area contributed by atoms with Gasteiger partial charge in [-0.25, -0.2) is 4.99 Å². The van der Waals surface area contributed by atoms with Gasteiger partial charge in [-0.3, -0.25) is 0 Å². The average Bonchev–Trinajstić information content (AvgIpc) is 3.34. The Hall–Kier alpha value is -1.89. The van der Waals surface area contributed by atoms with Crippen LogP contribution in [0.4, 0.5) is 0 Å². The minimum absolute atomic E-state index is 0.181. The number of guanidine groups is 1. The molecule has 1 heterocycles. The third kappa shape index (κ3) is 4.89. The van der Waals surface area contributed by atoms with Gasteiger partial charge < -0.3 is 15.2 Å². The third-order valence-corrected chi connectivity index (χ3v) is 5.90. The fourth-order valence-corrected chi connectivity index (χ4v) is 4.10. The number of hydrogen-bond acceptors (Lipinski definition) is 3. The van der Waals surface area contributed by atoms with Crippen LogP contribution < -0.4 is 10.6 Å². The molecule has 0 spiro atoms. The highest BCUT2D eigenvalue weighted by Gasteiger charge is 2.35. The molecule has 3 rings (SSSR count). The van der Waals surface area contributed by atoms with Gasteiger partial charge in [-0.05, 0) is 44.4 Å². The van der Waals surface area contributed by atoms with Crippen LogP contribution >= 0.6 is 15.9 Å². The van der Waals surface area contributed by atoms with Crippen LogP contribution in [0.1, 0.15) is 50.9 Å². The summed E-state index contributed by atoms with van der Waals surface area (Å²) < 4.78 is 3.15. The van der Waals surface area contributed by atoms with Crippen LogP contribution in [0.2, 0.25) is 0 Å². The second kappa shape index (κ2) is 9.35. The van der Waals surface area contributed by atoms with Crippen molar-refractivity contribution in [2.24, 2.45) is 4.99 Å². The van der Waals surface area contributed by atoms with Crippen LogP contribution in [0.5, 0.6) is 0 Å². The maximum Gasteiger partial charge on any atom is 0.191 e. The van der Waals surface area contributed by atoms with Gasteiger partial charge >= 0.3 is 0 Å². The number of aryl methyl sites for hydroxylation is 1. The van der Waals surface area contributed by atoms with Crippen molar-refractivity contribution in [3.8, 4) is 0 Å². The number of benzene rings is 1. The fraction of sp³-hybridized carbons (Fsp3) is 0.550. The lowest BCUT2D eigenvalue weighted by atomic mass is 9.79. The SMILES string of the molecule is CCNC(=NCc1nncn1CC)NCC1(c2ccc(Br)cc2)CCCC1. The molecule has 1 aromatic carbocycles.